The second kappa shape index (κ2) is 6.37. The maximum Gasteiger partial charge on any atom is 0.338 e. The van der Waals surface area contributed by atoms with Crippen molar-refractivity contribution in [1.29, 1.82) is 0 Å². The molecule has 21 heavy (non-hydrogen) atoms. The summed E-state index contributed by atoms with van der Waals surface area (Å²) in [5.41, 5.74) is 6.47. The number of carbonyl (C=O) groups excluding carboxylic acids is 1. The van der Waals surface area contributed by atoms with Crippen molar-refractivity contribution in [3.05, 3.63) is 57.9 Å². The van der Waals surface area contributed by atoms with Crippen LogP contribution in [-0.2, 0) is 11.2 Å². The van der Waals surface area contributed by atoms with Crippen LogP contribution < -0.4 is 5.73 Å². The van der Waals surface area contributed by atoms with Crippen LogP contribution in [0.15, 0.2) is 35.2 Å². The predicted octanol–water partition coefficient (Wildman–Crippen LogP) is 3.73. The standard InChI is InChI=1S/C15H13ClFNO2S/c1-20-15(19)10-7-12(21)14(18)13(17)9(10)6-8-4-2-3-5-11(8)16/h2-5,7,21H,6,18H2,1H3. The third-order valence-electron chi connectivity index (χ3n) is 3.11. The molecule has 0 fully saturated rings. The van der Waals surface area contributed by atoms with Gasteiger partial charge in [-0.3, -0.25) is 0 Å². The Morgan fingerprint density at radius 1 is 1.43 bits per heavy atom. The molecule has 0 aromatic heterocycles. The molecule has 0 aliphatic rings. The van der Waals surface area contributed by atoms with Crippen LogP contribution in [0.3, 0.4) is 0 Å². The number of hydrogen-bond donors (Lipinski definition) is 2. The molecule has 0 bridgehead atoms. The normalized spacial score (nSPS) is 10.5. The highest BCUT2D eigenvalue weighted by Gasteiger charge is 2.21. The summed E-state index contributed by atoms with van der Waals surface area (Å²) in [7, 11) is 1.23. The summed E-state index contributed by atoms with van der Waals surface area (Å²) < 4.78 is 19.1. The van der Waals surface area contributed by atoms with Gasteiger partial charge in [-0.25, -0.2) is 9.18 Å². The Morgan fingerprint density at radius 2 is 2.10 bits per heavy atom. The highest BCUT2D eigenvalue weighted by Crippen LogP contribution is 2.30. The highest BCUT2D eigenvalue weighted by atomic mass is 35.5. The molecule has 0 atom stereocenters. The molecular formula is C15H13ClFNO2S. The molecule has 0 unspecified atom stereocenters. The Labute approximate surface area is 132 Å². The lowest BCUT2D eigenvalue weighted by Crippen LogP contribution is -2.11. The SMILES string of the molecule is COC(=O)c1cc(S)c(N)c(F)c1Cc1ccccc1Cl. The number of benzene rings is 2. The van der Waals surface area contributed by atoms with E-state index in [2.05, 4.69) is 17.4 Å². The lowest BCUT2D eigenvalue weighted by Gasteiger charge is -2.13. The Kier molecular flexibility index (Phi) is 4.75. The van der Waals surface area contributed by atoms with E-state index < -0.39 is 11.8 Å². The molecular weight excluding hydrogens is 313 g/mol. The summed E-state index contributed by atoms with van der Waals surface area (Å²) in [5.74, 6) is -1.32. The summed E-state index contributed by atoms with van der Waals surface area (Å²) in [4.78, 5) is 12.0. The number of rotatable bonds is 3. The molecule has 0 saturated heterocycles. The van der Waals surface area contributed by atoms with Gasteiger partial charge in [0.25, 0.3) is 0 Å². The van der Waals surface area contributed by atoms with E-state index in [1.54, 1.807) is 24.3 Å². The van der Waals surface area contributed by atoms with Crippen LogP contribution in [0, 0.1) is 5.82 Å². The van der Waals surface area contributed by atoms with Gasteiger partial charge in [-0.2, -0.15) is 0 Å². The fourth-order valence-electron chi connectivity index (χ4n) is 1.99. The van der Waals surface area contributed by atoms with E-state index in [0.29, 0.717) is 10.6 Å². The summed E-state index contributed by atoms with van der Waals surface area (Å²) >= 11 is 10.1. The van der Waals surface area contributed by atoms with Crippen molar-refractivity contribution in [3.63, 3.8) is 0 Å². The fraction of sp³-hybridized carbons (Fsp3) is 0.133. The molecule has 0 aliphatic carbocycles. The minimum Gasteiger partial charge on any atom is -0.465 e. The van der Waals surface area contributed by atoms with Gasteiger partial charge in [0.1, 0.15) is 0 Å². The molecule has 2 aromatic rings. The Bertz CT molecular complexity index is 706. The largest absolute Gasteiger partial charge is 0.465 e. The molecule has 0 aliphatic heterocycles. The molecule has 0 spiro atoms. The van der Waals surface area contributed by atoms with E-state index in [0.717, 1.165) is 0 Å². The molecule has 2 N–H and O–H groups in total. The zero-order chi connectivity index (χ0) is 15.6. The number of methoxy groups -OCH3 is 1. The van der Waals surface area contributed by atoms with Crippen LogP contribution in [0.5, 0.6) is 0 Å². The van der Waals surface area contributed by atoms with Crippen LogP contribution >= 0.6 is 24.2 Å². The average Bonchev–Trinajstić information content (AvgIpc) is 2.48. The molecule has 3 nitrogen and oxygen atoms in total. The first-order chi connectivity index (χ1) is 9.95. The van der Waals surface area contributed by atoms with Crippen LogP contribution in [0.2, 0.25) is 5.02 Å². The van der Waals surface area contributed by atoms with Crippen molar-refractivity contribution in [3.8, 4) is 0 Å². The topological polar surface area (TPSA) is 52.3 Å². The highest BCUT2D eigenvalue weighted by molar-refractivity contribution is 7.80. The number of esters is 1. The van der Waals surface area contributed by atoms with Crippen molar-refractivity contribution < 1.29 is 13.9 Å². The quantitative estimate of drug-likeness (QED) is 0.513. The molecule has 0 heterocycles. The van der Waals surface area contributed by atoms with E-state index in [1.165, 1.54) is 13.2 Å². The fourth-order valence-corrected chi connectivity index (χ4v) is 2.42. The number of hydrogen-bond acceptors (Lipinski definition) is 4. The van der Waals surface area contributed by atoms with Crippen molar-refractivity contribution in [2.24, 2.45) is 0 Å². The number of ether oxygens (including phenoxy) is 1. The summed E-state index contributed by atoms with van der Waals surface area (Å²) in [6.45, 7) is 0. The zero-order valence-corrected chi connectivity index (χ0v) is 12.8. The Morgan fingerprint density at radius 3 is 2.71 bits per heavy atom. The summed E-state index contributed by atoms with van der Waals surface area (Å²) in [5, 5.41) is 0.487. The first-order valence-corrected chi connectivity index (χ1v) is 6.89. The van der Waals surface area contributed by atoms with E-state index in [9.17, 15) is 9.18 Å². The minimum absolute atomic E-state index is 0.0918. The molecule has 6 heteroatoms. The Hall–Kier alpha value is -1.72. The molecule has 0 saturated carbocycles. The van der Waals surface area contributed by atoms with Crippen LogP contribution in [0.1, 0.15) is 21.5 Å². The van der Waals surface area contributed by atoms with Gasteiger partial charge in [0, 0.05) is 21.9 Å². The zero-order valence-electron chi connectivity index (χ0n) is 11.2. The van der Waals surface area contributed by atoms with Crippen LogP contribution in [-0.4, -0.2) is 13.1 Å². The maximum atomic E-state index is 14.4. The number of nitrogens with two attached hydrogens (primary N) is 1. The molecule has 2 rings (SSSR count). The van der Waals surface area contributed by atoms with Gasteiger partial charge in [-0.15, -0.1) is 12.6 Å². The van der Waals surface area contributed by atoms with Gasteiger partial charge in [0.2, 0.25) is 0 Å². The second-order valence-electron chi connectivity index (χ2n) is 4.41. The van der Waals surface area contributed by atoms with E-state index in [-0.39, 0.29) is 28.1 Å². The lowest BCUT2D eigenvalue weighted by molar-refractivity contribution is 0.0598. The van der Waals surface area contributed by atoms with Gasteiger partial charge < -0.3 is 10.5 Å². The number of carbonyl (C=O) groups is 1. The number of anilines is 1. The van der Waals surface area contributed by atoms with Gasteiger partial charge in [0.15, 0.2) is 5.82 Å². The first-order valence-electron chi connectivity index (χ1n) is 6.07. The van der Waals surface area contributed by atoms with Crippen LogP contribution in [0.25, 0.3) is 0 Å². The van der Waals surface area contributed by atoms with Gasteiger partial charge in [0.05, 0.1) is 18.4 Å². The number of halogens is 2. The summed E-state index contributed by atoms with van der Waals surface area (Å²) in [6, 6.07) is 8.41. The van der Waals surface area contributed by atoms with E-state index >= 15 is 0 Å². The first kappa shape index (κ1) is 15.7. The lowest BCUT2D eigenvalue weighted by atomic mass is 9.98. The van der Waals surface area contributed by atoms with Crippen LogP contribution in [0.4, 0.5) is 10.1 Å². The third kappa shape index (κ3) is 3.14. The monoisotopic (exact) mass is 325 g/mol. The number of thiol groups is 1. The molecule has 110 valence electrons. The molecule has 2 aromatic carbocycles. The predicted molar refractivity (Wildman–Crippen MR) is 83.7 cm³/mol. The third-order valence-corrected chi connectivity index (χ3v) is 3.85. The molecule has 0 amide bonds. The number of nitrogen functional groups attached to an aromatic ring is 1. The summed E-state index contributed by atoms with van der Waals surface area (Å²) in [6.07, 6.45) is 0.133. The van der Waals surface area contributed by atoms with Gasteiger partial charge in [-0.05, 0) is 17.7 Å². The maximum absolute atomic E-state index is 14.4. The molecule has 0 radical (unpaired) electrons. The van der Waals surface area contributed by atoms with Gasteiger partial charge in [-0.1, -0.05) is 29.8 Å². The van der Waals surface area contributed by atoms with Crippen molar-refractivity contribution in [1.82, 2.24) is 0 Å². The van der Waals surface area contributed by atoms with Crippen molar-refractivity contribution in [2.45, 2.75) is 11.3 Å². The van der Waals surface area contributed by atoms with Gasteiger partial charge >= 0.3 is 5.97 Å². The minimum atomic E-state index is -0.678. The van der Waals surface area contributed by atoms with E-state index in [4.69, 9.17) is 17.3 Å². The van der Waals surface area contributed by atoms with E-state index in [1.807, 2.05) is 0 Å². The second-order valence-corrected chi connectivity index (χ2v) is 5.30. The smallest absolute Gasteiger partial charge is 0.338 e. The van der Waals surface area contributed by atoms with Crippen molar-refractivity contribution in [2.75, 3.05) is 12.8 Å². The Balaban J connectivity index is 2.59. The average molecular weight is 326 g/mol. The van der Waals surface area contributed by atoms with Crippen molar-refractivity contribution >= 4 is 35.9 Å².